The Morgan fingerprint density at radius 3 is 2.10 bits per heavy atom. The number of para-hydroxylation sites is 1. The first-order valence-corrected chi connectivity index (χ1v) is 7.31. The molecule has 0 bridgehead atoms. The Bertz CT molecular complexity index is 491. The van der Waals surface area contributed by atoms with Crippen LogP contribution in [-0.4, -0.2) is 31.7 Å². The number of benzene rings is 2. The lowest BCUT2D eigenvalue weighted by molar-refractivity contribution is -0.903. The predicted molar refractivity (Wildman–Crippen MR) is 86.7 cm³/mol. The molecule has 0 aromatic heterocycles. The number of hydrogen-bond acceptors (Lipinski definition) is 1. The van der Waals surface area contributed by atoms with Crippen molar-refractivity contribution in [3.63, 3.8) is 0 Å². The maximum absolute atomic E-state index is 3.47. The SMILES string of the molecule is C[N+](C)(CCCNc1ccccc1)Cc1ccccc1. The molecule has 0 radical (unpaired) electrons. The van der Waals surface area contributed by atoms with Gasteiger partial charge < -0.3 is 9.80 Å². The maximum Gasteiger partial charge on any atom is 0.104 e. The summed E-state index contributed by atoms with van der Waals surface area (Å²) in [5.41, 5.74) is 2.62. The Kier molecular flexibility index (Phi) is 5.19. The van der Waals surface area contributed by atoms with Gasteiger partial charge in [0, 0.05) is 24.2 Å². The Balaban J connectivity index is 1.72. The van der Waals surface area contributed by atoms with Gasteiger partial charge in [-0.05, 0) is 12.1 Å². The Hall–Kier alpha value is -1.80. The lowest BCUT2D eigenvalue weighted by atomic mass is 10.2. The second kappa shape index (κ2) is 7.11. The molecule has 2 nitrogen and oxygen atoms in total. The van der Waals surface area contributed by atoms with Crippen molar-refractivity contribution in [3.05, 3.63) is 66.2 Å². The molecule has 106 valence electrons. The second-order valence-electron chi connectivity index (χ2n) is 5.95. The number of nitrogens with zero attached hydrogens (tertiary/aromatic N) is 1. The molecule has 2 aromatic carbocycles. The van der Waals surface area contributed by atoms with Crippen molar-refractivity contribution in [2.24, 2.45) is 0 Å². The molecule has 1 N–H and O–H groups in total. The number of hydrogen-bond donors (Lipinski definition) is 1. The third kappa shape index (κ3) is 5.06. The molecule has 0 fully saturated rings. The largest absolute Gasteiger partial charge is 0.385 e. The van der Waals surface area contributed by atoms with Gasteiger partial charge in [-0.3, -0.25) is 0 Å². The molecule has 0 aliphatic rings. The lowest BCUT2D eigenvalue weighted by Crippen LogP contribution is -2.40. The van der Waals surface area contributed by atoms with Gasteiger partial charge in [0.2, 0.25) is 0 Å². The minimum Gasteiger partial charge on any atom is -0.385 e. The molecular formula is C18H25N2+. The van der Waals surface area contributed by atoms with Crippen LogP contribution in [0.4, 0.5) is 5.69 Å². The highest BCUT2D eigenvalue weighted by atomic mass is 15.3. The van der Waals surface area contributed by atoms with E-state index in [1.165, 1.54) is 24.2 Å². The summed E-state index contributed by atoms with van der Waals surface area (Å²) in [6.45, 7) is 3.29. The minimum atomic E-state index is 1.03. The van der Waals surface area contributed by atoms with Gasteiger partial charge in [-0.15, -0.1) is 0 Å². The monoisotopic (exact) mass is 269 g/mol. The van der Waals surface area contributed by atoms with Crippen molar-refractivity contribution in [1.82, 2.24) is 0 Å². The van der Waals surface area contributed by atoms with E-state index in [1.54, 1.807) is 0 Å². The van der Waals surface area contributed by atoms with Crippen molar-refractivity contribution >= 4 is 5.69 Å². The quantitative estimate of drug-likeness (QED) is 0.596. The average molecular weight is 269 g/mol. The Morgan fingerprint density at radius 1 is 0.850 bits per heavy atom. The zero-order chi connectivity index (χ0) is 14.3. The van der Waals surface area contributed by atoms with Gasteiger partial charge in [-0.25, -0.2) is 0 Å². The van der Waals surface area contributed by atoms with Gasteiger partial charge in [0.1, 0.15) is 6.54 Å². The van der Waals surface area contributed by atoms with Gasteiger partial charge >= 0.3 is 0 Å². The summed E-state index contributed by atoms with van der Waals surface area (Å²) in [6, 6.07) is 21.1. The smallest absolute Gasteiger partial charge is 0.104 e. The van der Waals surface area contributed by atoms with Gasteiger partial charge in [-0.1, -0.05) is 48.5 Å². The Morgan fingerprint density at radius 2 is 1.45 bits per heavy atom. The van der Waals surface area contributed by atoms with E-state index >= 15 is 0 Å². The number of quaternary nitrogens is 1. The molecule has 0 heterocycles. The summed E-state index contributed by atoms with van der Waals surface area (Å²) in [6.07, 6.45) is 1.18. The summed E-state index contributed by atoms with van der Waals surface area (Å²) in [7, 11) is 4.60. The van der Waals surface area contributed by atoms with Crippen molar-refractivity contribution in [3.8, 4) is 0 Å². The summed E-state index contributed by atoms with van der Waals surface area (Å²) >= 11 is 0. The highest BCUT2D eigenvalue weighted by molar-refractivity contribution is 5.42. The molecule has 2 rings (SSSR count). The van der Waals surface area contributed by atoms with Crippen LogP contribution in [0, 0.1) is 0 Å². The second-order valence-corrected chi connectivity index (χ2v) is 5.95. The molecule has 0 spiro atoms. The first kappa shape index (κ1) is 14.6. The highest BCUT2D eigenvalue weighted by Crippen LogP contribution is 2.10. The fraction of sp³-hybridized carbons (Fsp3) is 0.333. The van der Waals surface area contributed by atoms with Crippen LogP contribution in [-0.2, 0) is 6.54 Å². The standard InChI is InChI=1S/C18H25N2/c1-20(2,16-17-10-5-3-6-11-17)15-9-14-19-18-12-7-4-8-13-18/h3-8,10-13,19H,9,14-16H2,1-2H3/q+1. The predicted octanol–water partition coefficient (Wildman–Crippen LogP) is 3.77. The maximum atomic E-state index is 3.47. The summed E-state index contributed by atoms with van der Waals surface area (Å²) in [5, 5.41) is 3.47. The van der Waals surface area contributed by atoms with E-state index in [-0.39, 0.29) is 0 Å². The fourth-order valence-corrected chi connectivity index (χ4v) is 2.45. The van der Waals surface area contributed by atoms with Crippen LogP contribution < -0.4 is 5.32 Å². The highest BCUT2D eigenvalue weighted by Gasteiger charge is 2.14. The average Bonchev–Trinajstić information content (AvgIpc) is 2.45. The van der Waals surface area contributed by atoms with E-state index in [9.17, 15) is 0 Å². The molecular weight excluding hydrogens is 244 g/mol. The topological polar surface area (TPSA) is 12.0 Å². The molecule has 2 heteroatoms. The van der Waals surface area contributed by atoms with E-state index in [4.69, 9.17) is 0 Å². The molecule has 0 saturated carbocycles. The van der Waals surface area contributed by atoms with Crippen LogP contribution in [0.15, 0.2) is 60.7 Å². The number of nitrogens with one attached hydrogen (secondary N) is 1. The van der Waals surface area contributed by atoms with Crippen LogP contribution in [0.2, 0.25) is 0 Å². The van der Waals surface area contributed by atoms with Crippen LogP contribution in [0.25, 0.3) is 0 Å². The Labute approximate surface area is 122 Å². The van der Waals surface area contributed by atoms with Crippen molar-refractivity contribution in [2.75, 3.05) is 32.5 Å². The summed E-state index contributed by atoms with van der Waals surface area (Å²) in [4.78, 5) is 0. The normalized spacial score (nSPS) is 11.3. The minimum absolute atomic E-state index is 1.03. The molecule has 20 heavy (non-hydrogen) atoms. The van der Waals surface area contributed by atoms with Crippen LogP contribution >= 0.6 is 0 Å². The zero-order valence-corrected chi connectivity index (χ0v) is 12.5. The van der Waals surface area contributed by atoms with E-state index in [0.29, 0.717) is 0 Å². The number of rotatable bonds is 7. The molecule has 2 aromatic rings. The molecule has 0 aliphatic heterocycles. The molecule has 0 aliphatic carbocycles. The van der Waals surface area contributed by atoms with Gasteiger partial charge in [0.25, 0.3) is 0 Å². The van der Waals surface area contributed by atoms with Crippen LogP contribution in [0.1, 0.15) is 12.0 Å². The number of anilines is 1. The zero-order valence-electron chi connectivity index (χ0n) is 12.5. The lowest BCUT2D eigenvalue weighted by Gasteiger charge is -2.30. The summed E-state index contributed by atoms with van der Waals surface area (Å²) in [5.74, 6) is 0. The van der Waals surface area contributed by atoms with Gasteiger partial charge in [0.05, 0.1) is 20.6 Å². The molecule has 0 saturated heterocycles. The van der Waals surface area contributed by atoms with Gasteiger partial charge in [0.15, 0.2) is 0 Å². The van der Waals surface area contributed by atoms with Gasteiger partial charge in [-0.2, -0.15) is 0 Å². The third-order valence-electron chi connectivity index (χ3n) is 3.50. The van der Waals surface area contributed by atoms with E-state index in [0.717, 1.165) is 17.6 Å². The molecule has 0 atom stereocenters. The van der Waals surface area contributed by atoms with Crippen molar-refractivity contribution < 1.29 is 4.48 Å². The van der Waals surface area contributed by atoms with E-state index < -0.39 is 0 Å². The van der Waals surface area contributed by atoms with Crippen LogP contribution in [0.5, 0.6) is 0 Å². The first-order valence-electron chi connectivity index (χ1n) is 7.31. The van der Waals surface area contributed by atoms with Crippen molar-refractivity contribution in [2.45, 2.75) is 13.0 Å². The van der Waals surface area contributed by atoms with Crippen molar-refractivity contribution in [1.29, 1.82) is 0 Å². The van der Waals surface area contributed by atoms with E-state index in [2.05, 4.69) is 74.0 Å². The fourth-order valence-electron chi connectivity index (χ4n) is 2.45. The first-order chi connectivity index (χ1) is 9.66. The van der Waals surface area contributed by atoms with Crippen LogP contribution in [0.3, 0.4) is 0 Å². The summed E-state index contributed by atoms with van der Waals surface area (Å²) < 4.78 is 1.03. The third-order valence-corrected chi connectivity index (χ3v) is 3.50. The molecule has 0 unspecified atom stereocenters. The molecule has 0 amide bonds. The van der Waals surface area contributed by atoms with E-state index in [1.807, 2.05) is 6.07 Å².